The van der Waals surface area contributed by atoms with Crippen LogP contribution in [0.3, 0.4) is 0 Å². The van der Waals surface area contributed by atoms with Crippen molar-refractivity contribution in [1.29, 1.82) is 0 Å². The van der Waals surface area contributed by atoms with E-state index in [1.165, 1.54) is 24.4 Å². The van der Waals surface area contributed by atoms with E-state index >= 15 is 4.39 Å². The lowest BCUT2D eigenvalue weighted by atomic mass is 9.82. The lowest BCUT2D eigenvalue weighted by Gasteiger charge is -2.45. The fourth-order valence-corrected chi connectivity index (χ4v) is 5.03. The molecule has 5 rings (SSSR count). The number of benzene rings is 1. The quantitative estimate of drug-likeness (QED) is 0.576. The number of nitrogens with one attached hydrogen (secondary N) is 2. The average Bonchev–Trinajstić information content (AvgIpc) is 3.65. The van der Waals surface area contributed by atoms with E-state index in [0.717, 1.165) is 12.8 Å². The number of ether oxygens (including phenoxy) is 1. The van der Waals surface area contributed by atoms with Crippen LogP contribution in [0.2, 0.25) is 5.02 Å². The smallest absolute Gasteiger partial charge is 0.412 e. The summed E-state index contributed by atoms with van der Waals surface area (Å²) in [6.45, 7) is 0.355. The predicted octanol–water partition coefficient (Wildman–Crippen LogP) is 3.43. The number of nitrogen functional groups attached to an aromatic ring is 1. The number of anilines is 2. The summed E-state index contributed by atoms with van der Waals surface area (Å²) in [4.78, 5) is 44.3. The van der Waals surface area contributed by atoms with Crippen LogP contribution in [0.15, 0.2) is 30.5 Å². The largest absolute Gasteiger partial charge is 0.436 e. The molecule has 3 heterocycles. The Morgan fingerprint density at radius 1 is 1.34 bits per heavy atom. The Bertz CT molecular complexity index is 1190. The predicted molar refractivity (Wildman–Crippen MR) is 126 cm³/mol. The number of carbonyl (C=O) groups is 3. The van der Waals surface area contributed by atoms with E-state index in [2.05, 4.69) is 15.6 Å². The minimum absolute atomic E-state index is 0.0377. The summed E-state index contributed by atoms with van der Waals surface area (Å²) in [5.74, 6) is -0.778. The Morgan fingerprint density at radius 2 is 2.14 bits per heavy atom. The average molecular weight is 502 g/mol. The summed E-state index contributed by atoms with van der Waals surface area (Å²) in [6.07, 6.45) is 3.95. The summed E-state index contributed by atoms with van der Waals surface area (Å²) >= 11 is 6.04. The molecule has 4 N–H and O–H groups in total. The first-order chi connectivity index (χ1) is 16.8. The highest BCUT2D eigenvalue weighted by Crippen LogP contribution is 2.45. The zero-order valence-electron chi connectivity index (χ0n) is 18.9. The van der Waals surface area contributed by atoms with E-state index in [9.17, 15) is 14.4 Å². The first-order valence-electron chi connectivity index (χ1n) is 11.6. The number of rotatable bonds is 5. The van der Waals surface area contributed by atoms with Gasteiger partial charge in [0.25, 0.3) is 5.91 Å². The first-order valence-corrected chi connectivity index (χ1v) is 11.9. The highest BCUT2D eigenvalue weighted by molar-refractivity contribution is 6.31. The van der Waals surface area contributed by atoms with Gasteiger partial charge in [0, 0.05) is 12.7 Å². The van der Waals surface area contributed by atoms with Crippen molar-refractivity contribution in [3.05, 3.63) is 52.4 Å². The molecule has 1 spiro atoms. The van der Waals surface area contributed by atoms with E-state index in [1.54, 1.807) is 11.0 Å². The molecule has 184 valence electrons. The molecule has 0 unspecified atom stereocenters. The van der Waals surface area contributed by atoms with Crippen molar-refractivity contribution in [3.8, 4) is 0 Å². The number of hydrogen-bond acceptors (Lipinski definition) is 6. The highest BCUT2D eigenvalue weighted by atomic mass is 35.5. The van der Waals surface area contributed by atoms with Crippen LogP contribution in [0.4, 0.5) is 20.7 Å². The maximum atomic E-state index is 15.2. The third kappa shape index (κ3) is 4.62. The maximum Gasteiger partial charge on any atom is 0.412 e. The number of nitrogens with two attached hydrogens (primary N) is 1. The maximum absolute atomic E-state index is 15.2. The van der Waals surface area contributed by atoms with E-state index in [4.69, 9.17) is 22.1 Å². The second kappa shape index (κ2) is 8.99. The summed E-state index contributed by atoms with van der Waals surface area (Å²) in [7, 11) is 0. The number of halogens is 2. The second-order valence-corrected chi connectivity index (χ2v) is 9.74. The zero-order chi connectivity index (χ0) is 24.7. The van der Waals surface area contributed by atoms with Crippen LogP contribution < -0.4 is 16.4 Å². The van der Waals surface area contributed by atoms with Crippen molar-refractivity contribution in [2.24, 2.45) is 5.92 Å². The van der Waals surface area contributed by atoms with E-state index in [1.807, 2.05) is 0 Å². The number of piperidine rings is 1. The molecule has 1 saturated carbocycles. The van der Waals surface area contributed by atoms with Gasteiger partial charge in [-0.2, -0.15) is 0 Å². The van der Waals surface area contributed by atoms with Gasteiger partial charge < -0.3 is 20.7 Å². The molecule has 1 aliphatic carbocycles. The Balaban J connectivity index is 1.40. The van der Waals surface area contributed by atoms with Gasteiger partial charge >= 0.3 is 6.09 Å². The SMILES string of the molecule is Nc1ccc(C(=O)N[C@@H](CC2CC2)C(=O)N2CCC[C@@]3(C2)OC(=O)Nc2ccc(Cl)c(F)c23)cn1. The first kappa shape index (κ1) is 23.3. The number of amides is 3. The number of likely N-dealkylation sites (tertiary alicyclic amines) is 1. The number of pyridine rings is 1. The van der Waals surface area contributed by atoms with Crippen molar-refractivity contribution < 1.29 is 23.5 Å². The highest BCUT2D eigenvalue weighted by Gasteiger charge is 2.49. The van der Waals surface area contributed by atoms with E-state index in [0.29, 0.717) is 37.3 Å². The number of fused-ring (bicyclic) bond motifs is 2. The number of carbonyl (C=O) groups excluding carboxylic acids is 3. The monoisotopic (exact) mass is 501 g/mol. The molecular formula is C24H25ClFN5O4. The topological polar surface area (TPSA) is 127 Å². The molecule has 0 radical (unpaired) electrons. The second-order valence-electron chi connectivity index (χ2n) is 9.33. The normalized spacial score (nSPS) is 22.1. The lowest BCUT2D eigenvalue weighted by Crippen LogP contribution is -2.57. The van der Waals surface area contributed by atoms with Gasteiger partial charge in [0.15, 0.2) is 11.4 Å². The van der Waals surface area contributed by atoms with Crippen LogP contribution in [0, 0.1) is 11.7 Å². The minimum Gasteiger partial charge on any atom is -0.436 e. The van der Waals surface area contributed by atoms with Gasteiger partial charge in [0.1, 0.15) is 11.9 Å². The van der Waals surface area contributed by atoms with E-state index < -0.39 is 29.5 Å². The van der Waals surface area contributed by atoms with Gasteiger partial charge in [0.2, 0.25) is 5.91 Å². The number of aromatic nitrogens is 1. The van der Waals surface area contributed by atoms with Crippen molar-refractivity contribution >= 4 is 41.0 Å². The van der Waals surface area contributed by atoms with Crippen LogP contribution in [-0.4, -0.2) is 46.9 Å². The summed E-state index contributed by atoms with van der Waals surface area (Å²) in [5, 5.41) is 5.25. The molecular weight excluding hydrogens is 477 g/mol. The summed E-state index contributed by atoms with van der Waals surface area (Å²) < 4.78 is 20.8. The fourth-order valence-electron chi connectivity index (χ4n) is 4.87. The van der Waals surface area contributed by atoms with Gasteiger partial charge in [-0.15, -0.1) is 0 Å². The zero-order valence-corrected chi connectivity index (χ0v) is 19.6. The molecule has 2 aliphatic heterocycles. The van der Waals surface area contributed by atoms with Crippen LogP contribution in [0.25, 0.3) is 0 Å². The van der Waals surface area contributed by atoms with Crippen molar-refractivity contribution in [2.45, 2.75) is 43.7 Å². The number of hydrogen-bond donors (Lipinski definition) is 3. The Kier molecular flexibility index (Phi) is 6.00. The summed E-state index contributed by atoms with van der Waals surface area (Å²) in [5.41, 5.74) is 4.94. The van der Waals surface area contributed by atoms with Gasteiger partial charge in [-0.25, -0.2) is 14.2 Å². The molecule has 0 bridgehead atoms. The van der Waals surface area contributed by atoms with Crippen molar-refractivity contribution in [1.82, 2.24) is 15.2 Å². The van der Waals surface area contributed by atoms with Crippen molar-refractivity contribution in [3.63, 3.8) is 0 Å². The molecule has 2 fully saturated rings. The standard InChI is InChI=1S/C24H25ClFN5O4/c25-15-5-6-16-19(20(15)26)24(35-23(34)30-16)8-1-9-31(12-24)22(33)17(10-13-2-3-13)29-21(32)14-4-7-18(27)28-11-14/h4-7,11,13,17H,1-3,8-10,12H2,(H2,27,28)(H,29,32)(H,30,34)/t17-,24-/m0/s1. The minimum atomic E-state index is -1.37. The molecule has 11 heteroatoms. The molecule has 3 amide bonds. The van der Waals surface area contributed by atoms with Crippen LogP contribution in [-0.2, 0) is 15.1 Å². The van der Waals surface area contributed by atoms with Gasteiger partial charge in [-0.05, 0) is 49.4 Å². The van der Waals surface area contributed by atoms with Crippen LogP contribution >= 0.6 is 11.6 Å². The molecule has 1 aromatic carbocycles. The van der Waals surface area contributed by atoms with Gasteiger partial charge in [-0.1, -0.05) is 24.4 Å². The molecule has 2 atom stereocenters. The van der Waals surface area contributed by atoms with E-state index in [-0.39, 0.29) is 34.5 Å². The van der Waals surface area contributed by atoms with Crippen LogP contribution in [0.5, 0.6) is 0 Å². The molecule has 35 heavy (non-hydrogen) atoms. The third-order valence-corrected chi connectivity index (χ3v) is 7.05. The molecule has 2 aromatic rings. The number of nitrogens with zero attached hydrogens (tertiary/aromatic N) is 2. The molecule has 3 aliphatic rings. The fraction of sp³-hybridized carbons (Fsp3) is 0.417. The molecule has 9 nitrogen and oxygen atoms in total. The third-order valence-electron chi connectivity index (χ3n) is 6.76. The lowest BCUT2D eigenvalue weighted by molar-refractivity contribution is -0.141. The Morgan fingerprint density at radius 3 is 2.86 bits per heavy atom. The van der Waals surface area contributed by atoms with Gasteiger partial charge in [-0.3, -0.25) is 14.9 Å². The molecule has 1 aromatic heterocycles. The Hall–Kier alpha value is -3.40. The molecule has 1 saturated heterocycles. The summed E-state index contributed by atoms with van der Waals surface area (Å²) in [6, 6.07) is 5.19. The van der Waals surface area contributed by atoms with Gasteiger partial charge in [0.05, 0.1) is 28.4 Å². The van der Waals surface area contributed by atoms with Crippen molar-refractivity contribution in [2.75, 3.05) is 24.1 Å². The Labute approximate surface area is 206 Å². The van der Waals surface area contributed by atoms with Crippen LogP contribution in [0.1, 0.15) is 48.0 Å².